The standard InChI is InChI=1S/C14H16FN3OS/c1-16-14-18-11(9-20-14)8-13(19)17-7-6-10-4-2-3-5-12(10)15/h2-5,9H,6-8H2,1H3,(H,16,18)(H,17,19). The van der Waals surface area contributed by atoms with E-state index in [0.717, 1.165) is 10.8 Å². The van der Waals surface area contributed by atoms with E-state index in [1.807, 2.05) is 5.38 Å². The van der Waals surface area contributed by atoms with Gasteiger partial charge in [-0.25, -0.2) is 9.37 Å². The summed E-state index contributed by atoms with van der Waals surface area (Å²) in [6.45, 7) is 0.419. The molecule has 1 amide bonds. The second-order valence-electron chi connectivity index (χ2n) is 4.26. The highest BCUT2D eigenvalue weighted by atomic mass is 32.1. The van der Waals surface area contributed by atoms with Crippen LogP contribution in [0.25, 0.3) is 0 Å². The molecule has 0 spiro atoms. The topological polar surface area (TPSA) is 54.0 Å². The zero-order chi connectivity index (χ0) is 14.4. The fourth-order valence-corrected chi connectivity index (χ4v) is 2.44. The highest BCUT2D eigenvalue weighted by Crippen LogP contribution is 2.14. The number of nitrogens with zero attached hydrogens (tertiary/aromatic N) is 1. The normalized spacial score (nSPS) is 10.3. The minimum atomic E-state index is -0.236. The fraction of sp³-hybridized carbons (Fsp3) is 0.286. The molecule has 4 nitrogen and oxygen atoms in total. The van der Waals surface area contributed by atoms with E-state index < -0.39 is 0 Å². The van der Waals surface area contributed by atoms with E-state index in [0.29, 0.717) is 18.5 Å². The van der Waals surface area contributed by atoms with Crippen LogP contribution in [0.1, 0.15) is 11.3 Å². The maximum atomic E-state index is 13.4. The number of hydrogen-bond donors (Lipinski definition) is 2. The smallest absolute Gasteiger partial charge is 0.226 e. The summed E-state index contributed by atoms with van der Waals surface area (Å²) in [6.07, 6.45) is 0.729. The molecule has 0 fully saturated rings. The Balaban J connectivity index is 1.77. The van der Waals surface area contributed by atoms with Crippen molar-refractivity contribution < 1.29 is 9.18 Å². The van der Waals surface area contributed by atoms with Gasteiger partial charge in [0.1, 0.15) is 5.82 Å². The molecule has 1 heterocycles. The van der Waals surface area contributed by atoms with Crippen molar-refractivity contribution in [2.75, 3.05) is 18.9 Å². The molecule has 0 aliphatic rings. The minimum Gasteiger partial charge on any atom is -0.365 e. The number of hydrogen-bond acceptors (Lipinski definition) is 4. The van der Waals surface area contributed by atoms with E-state index >= 15 is 0 Å². The van der Waals surface area contributed by atoms with Crippen LogP contribution in [0.2, 0.25) is 0 Å². The molecule has 0 atom stereocenters. The number of carbonyl (C=O) groups excluding carboxylic acids is 1. The molecular weight excluding hydrogens is 277 g/mol. The van der Waals surface area contributed by atoms with Gasteiger partial charge < -0.3 is 10.6 Å². The van der Waals surface area contributed by atoms with Crippen molar-refractivity contribution in [3.8, 4) is 0 Å². The first kappa shape index (κ1) is 14.5. The van der Waals surface area contributed by atoms with Crippen molar-refractivity contribution in [3.05, 3.63) is 46.7 Å². The van der Waals surface area contributed by atoms with Gasteiger partial charge in [-0.15, -0.1) is 11.3 Å². The molecule has 0 unspecified atom stereocenters. The zero-order valence-corrected chi connectivity index (χ0v) is 12.0. The Morgan fingerprint density at radius 3 is 2.90 bits per heavy atom. The third-order valence-electron chi connectivity index (χ3n) is 2.78. The SMILES string of the molecule is CNc1nc(CC(=O)NCCc2ccccc2F)cs1. The van der Waals surface area contributed by atoms with Gasteiger partial charge in [-0.2, -0.15) is 0 Å². The Hall–Kier alpha value is -1.95. The fourth-order valence-electron chi connectivity index (χ4n) is 1.77. The predicted octanol–water partition coefficient (Wildman–Crippen LogP) is 2.23. The van der Waals surface area contributed by atoms with Crippen molar-refractivity contribution in [1.82, 2.24) is 10.3 Å². The van der Waals surface area contributed by atoms with Crippen molar-refractivity contribution in [2.24, 2.45) is 0 Å². The first-order valence-corrected chi connectivity index (χ1v) is 7.19. The highest BCUT2D eigenvalue weighted by molar-refractivity contribution is 7.13. The lowest BCUT2D eigenvalue weighted by Crippen LogP contribution is -2.27. The summed E-state index contributed by atoms with van der Waals surface area (Å²) in [5.74, 6) is -0.339. The molecule has 0 saturated carbocycles. The van der Waals surface area contributed by atoms with Crippen molar-refractivity contribution in [3.63, 3.8) is 0 Å². The quantitative estimate of drug-likeness (QED) is 0.858. The van der Waals surface area contributed by atoms with Gasteiger partial charge in [-0.05, 0) is 18.1 Å². The van der Waals surface area contributed by atoms with Crippen LogP contribution in [0.3, 0.4) is 0 Å². The monoisotopic (exact) mass is 293 g/mol. The van der Waals surface area contributed by atoms with E-state index in [1.165, 1.54) is 17.4 Å². The van der Waals surface area contributed by atoms with Crippen LogP contribution in [-0.4, -0.2) is 24.5 Å². The van der Waals surface area contributed by atoms with E-state index in [2.05, 4.69) is 15.6 Å². The van der Waals surface area contributed by atoms with Crippen molar-refractivity contribution in [1.29, 1.82) is 0 Å². The first-order chi connectivity index (χ1) is 9.69. The number of thiazole rings is 1. The van der Waals surface area contributed by atoms with Gasteiger partial charge in [-0.1, -0.05) is 18.2 Å². The number of nitrogens with one attached hydrogen (secondary N) is 2. The number of aromatic nitrogens is 1. The van der Waals surface area contributed by atoms with Gasteiger partial charge in [0.05, 0.1) is 12.1 Å². The van der Waals surface area contributed by atoms with Crippen LogP contribution < -0.4 is 10.6 Å². The lowest BCUT2D eigenvalue weighted by atomic mass is 10.1. The summed E-state index contributed by atoms with van der Waals surface area (Å²) in [5, 5.41) is 8.34. The second kappa shape index (κ2) is 7.00. The lowest BCUT2D eigenvalue weighted by Gasteiger charge is -2.05. The number of rotatable bonds is 6. The molecule has 6 heteroatoms. The Labute approximate surface area is 121 Å². The molecule has 20 heavy (non-hydrogen) atoms. The van der Waals surface area contributed by atoms with Gasteiger partial charge in [0.15, 0.2) is 5.13 Å². The Morgan fingerprint density at radius 2 is 2.20 bits per heavy atom. The molecule has 2 aromatic rings. The van der Waals surface area contributed by atoms with Crippen LogP contribution in [0, 0.1) is 5.82 Å². The van der Waals surface area contributed by atoms with Crippen LogP contribution >= 0.6 is 11.3 Å². The number of anilines is 1. The summed E-state index contributed by atoms with van der Waals surface area (Å²) in [5.41, 5.74) is 1.35. The maximum Gasteiger partial charge on any atom is 0.226 e. The first-order valence-electron chi connectivity index (χ1n) is 6.31. The summed E-state index contributed by atoms with van der Waals surface area (Å²) in [6, 6.07) is 6.58. The average molecular weight is 293 g/mol. The number of benzene rings is 1. The van der Waals surface area contributed by atoms with Crippen LogP contribution in [-0.2, 0) is 17.6 Å². The number of carbonyl (C=O) groups is 1. The van der Waals surface area contributed by atoms with Gasteiger partial charge in [-0.3, -0.25) is 4.79 Å². The Kier molecular flexibility index (Phi) is 5.06. The molecule has 0 saturated heterocycles. The average Bonchev–Trinajstić information content (AvgIpc) is 2.88. The molecule has 0 bridgehead atoms. The van der Waals surface area contributed by atoms with Gasteiger partial charge >= 0.3 is 0 Å². The molecular formula is C14H16FN3OS. The van der Waals surface area contributed by atoms with E-state index in [9.17, 15) is 9.18 Å². The van der Waals surface area contributed by atoms with E-state index in [1.54, 1.807) is 25.2 Å². The molecule has 2 N–H and O–H groups in total. The summed E-state index contributed by atoms with van der Waals surface area (Å²) < 4.78 is 13.4. The molecule has 0 radical (unpaired) electrons. The summed E-state index contributed by atoms with van der Waals surface area (Å²) in [7, 11) is 1.79. The molecule has 2 rings (SSSR count). The molecule has 1 aromatic carbocycles. The zero-order valence-electron chi connectivity index (χ0n) is 11.1. The summed E-state index contributed by atoms with van der Waals surface area (Å²) in [4.78, 5) is 16.0. The van der Waals surface area contributed by atoms with Gasteiger partial charge in [0.2, 0.25) is 5.91 Å². The number of halogens is 1. The molecule has 0 aliphatic heterocycles. The van der Waals surface area contributed by atoms with Gasteiger partial charge in [0, 0.05) is 19.0 Å². The van der Waals surface area contributed by atoms with Crippen LogP contribution in [0.5, 0.6) is 0 Å². The number of amides is 1. The lowest BCUT2D eigenvalue weighted by molar-refractivity contribution is -0.120. The third kappa shape index (κ3) is 4.03. The molecule has 1 aromatic heterocycles. The molecule has 106 valence electrons. The van der Waals surface area contributed by atoms with Gasteiger partial charge in [0.25, 0.3) is 0 Å². The minimum absolute atomic E-state index is 0.103. The third-order valence-corrected chi connectivity index (χ3v) is 3.69. The second-order valence-corrected chi connectivity index (χ2v) is 5.12. The highest BCUT2D eigenvalue weighted by Gasteiger charge is 2.07. The largest absolute Gasteiger partial charge is 0.365 e. The van der Waals surface area contributed by atoms with E-state index in [-0.39, 0.29) is 18.1 Å². The molecule has 0 aliphatic carbocycles. The Bertz CT molecular complexity index is 585. The van der Waals surface area contributed by atoms with Crippen LogP contribution in [0.4, 0.5) is 9.52 Å². The van der Waals surface area contributed by atoms with E-state index in [4.69, 9.17) is 0 Å². The summed E-state index contributed by atoms with van der Waals surface area (Å²) >= 11 is 1.46. The predicted molar refractivity (Wildman–Crippen MR) is 78.5 cm³/mol. The van der Waals surface area contributed by atoms with Crippen molar-refractivity contribution in [2.45, 2.75) is 12.8 Å². The maximum absolute atomic E-state index is 13.4. The van der Waals surface area contributed by atoms with Crippen molar-refractivity contribution >= 4 is 22.4 Å². The Morgan fingerprint density at radius 1 is 1.40 bits per heavy atom. The van der Waals surface area contributed by atoms with Crippen LogP contribution in [0.15, 0.2) is 29.6 Å².